The van der Waals surface area contributed by atoms with E-state index in [1.807, 2.05) is 0 Å². The molecular weight excluding hydrogens is 412 g/mol. The minimum atomic E-state index is 0.180. The van der Waals surface area contributed by atoms with Crippen LogP contribution in [-0.4, -0.2) is 67.1 Å². The van der Waals surface area contributed by atoms with Crippen LogP contribution in [0.5, 0.6) is 0 Å². The number of piperazine rings is 1. The molecule has 1 amide bonds. The van der Waals surface area contributed by atoms with Gasteiger partial charge in [0.05, 0.1) is 17.2 Å². The van der Waals surface area contributed by atoms with Gasteiger partial charge in [0.2, 0.25) is 5.91 Å². The van der Waals surface area contributed by atoms with Crippen molar-refractivity contribution in [3.05, 3.63) is 23.0 Å². The first-order valence-electron chi connectivity index (χ1n) is 11.7. The van der Waals surface area contributed by atoms with Gasteiger partial charge in [-0.2, -0.15) is 5.26 Å². The Labute approximate surface area is 189 Å². The van der Waals surface area contributed by atoms with Gasteiger partial charge in [-0.15, -0.1) is 0 Å². The van der Waals surface area contributed by atoms with Gasteiger partial charge in [0, 0.05) is 57.1 Å². The maximum absolute atomic E-state index is 12.6. The maximum Gasteiger partial charge on any atom is 0.224 e. The number of fused-ring (bicyclic) bond motifs is 3. The summed E-state index contributed by atoms with van der Waals surface area (Å²) in [7, 11) is 0. The van der Waals surface area contributed by atoms with E-state index in [9.17, 15) is 10.1 Å². The monoisotopic (exact) mass is 442 g/mol. The molecule has 5 rings (SSSR count). The molecule has 3 aliphatic heterocycles. The van der Waals surface area contributed by atoms with Crippen molar-refractivity contribution in [3.63, 3.8) is 0 Å². The number of rotatable bonds is 3. The van der Waals surface area contributed by atoms with E-state index in [-0.39, 0.29) is 11.8 Å². The largest absolute Gasteiger partial charge is 0.368 e. The molecule has 5 atom stereocenters. The van der Waals surface area contributed by atoms with E-state index in [0.29, 0.717) is 34.6 Å². The highest BCUT2D eigenvalue weighted by Crippen LogP contribution is 2.39. The quantitative estimate of drug-likeness (QED) is 0.696. The molecular formula is C23H31ClN6O. The fraction of sp³-hybridized carbons (Fsp3) is 0.696. The Kier molecular flexibility index (Phi) is 6.05. The lowest BCUT2D eigenvalue weighted by Crippen LogP contribution is -2.64. The number of pyridine rings is 1. The minimum Gasteiger partial charge on any atom is -0.368 e. The lowest BCUT2D eigenvalue weighted by molar-refractivity contribution is -0.133. The molecule has 3 saturated heterocycles. The van der Waals surface area contributed by atoms with Gasteiger partial charge in [-0.3, -0.25) is 9.69 Å². The summed E-state index contributed by atoms with van der Waals surface area (Å²) < 4.78 is 0. The number of nitriles is 1. The molecule has 1 aromatic rings. The summed E-state index contributed by atoms with van der Waals surface area (Å²) in [6.07, 6.45) is 7.27. The van der Waals surface area contributed by atoms with E-state index in [1.165, 1.54) is 12.8 Å². The summed E-state index contributed by atoms with van der Waals surface area (Å²) >= 11 is 6.07. The number of nitrogens with one attached hydrogen (secondary N) is 2. The molecule has 5 unspecified atom stereocenters. The van der Waals surface area contributed by atoms with Crippen LogP contribution >= 0.6 is 11.6 Å². The molecule has 8 heteroatoms. The summed E-state index contributed by atoms with van der Waals surface area (Å²) in [6.45, 7) is 5.89. The Hall–Kier alpha value is -1.88. The number of carbonyl (C=O) groups excluding carboxylic acids is 1. The molecule has 2 N–H and O–H groups in total. The molecule has 7 nitrogen and oxygen atoms in total. The molecule has 0 spiro atoms. The molecule has 0 radical (unpaired) electrons. The first-order chi connectivity index (χ1) is 15.1. The van der Waals surface area contributed by atoms with Gasteiger partial charge in [0.15, 0.2) is 0 Å². The van der Waals surface area contributed by atoms with Crippen LogP contribution < -0.4 is 15.5 Å². The summed E-state index contributed by atoms with van der Waals surface area (Å²) in [5.74, 6) is 1.69. The number of nitrogens with zero attached hydrogens (tertiary/aromatic N) is 4. The predicted octanol–water partition coefficient (Wildman–Crippen LogP) is 2.01. The second-order valence-corrected chi connectivity index (χ2v) is 10.00. The zero-order chi connectivity index (χ0) is 21.4. The molecule has 0 bridgehead atoms. The predicted molar refractivity (Wildman–Crippen MR) is 120 cm³/mol. The SMILES string of the molecule is N#Cc1cnc(Cl)cc1N1CCN(CC2CCC3C(C2)NC(=O)C2CCCNC23)CC1. The average molecular weight is 443 g/mol. The van der Waals surface area contributed by atoms with Gasteiger partial charge < -0.3 is 15.5 Å². The first kappa shape index (κ1) is 21.0. The Morgan fingerprint density at radius 1 is 1.23 bits per heavy atom. The van der Waals surface area contributed by atoms with Gasteiger partial charge in [-0.25, -0.2) is 4.98 Å². The molecule has 1 saturated carbocycles. The van der Waals surface area contributed by atoms with Crippen molar-refractivity contribution in [2.75, 3.05) is 44.2 Å². The van der Waals surface area contributed by atoms with Crippen LogP contribution in [0.4, 0.5) is 5.69 Å². The topological polar surface area (TPSA) is 84.3 Å². The van der Waals surface area contributed by atoms with Gasteiger partial charge in [0.1, 0.15) is 11.2 Å². The van der Waals surface area contributed by atoms with Crippen molar-refractivity contribution in [3.8, 4) is 6.07 Å². The van der Waals surface area contributed by atoms with E-state index < -0.39 is 0 Å². The van der Waals surface area contributed by atoms with Crippen molar-refractivity contribution in [2.24, 2.45) is 17.8 Å². The Morgan fingerprint density at radius 2 is 2.06 bits per heavy atom. The maximum atomic E-state index is 12.6. The summed E-state index contributed by atoms with van der Waals surface area (Å²) in [5, 5.41) is 16.9. The van der Waals surface area contributed by atoms with Crippen molar-refractivity contribution in [1.29, 1.82) is 5.26 Å². The summed E-state index contributed by atoms with van der Waals surface area (Å²) in [4.78, 5) is 21.4. The van der Waals surface area contributed by atoms with Crippen molar-refractivity contribution in [2.45, 2.75) is 44.2 Å². The van der Waals surface area contributed by atoms with E-state index in [2.05, 4.69) is 31.5 Å². The minimum absolute atomic E-state index is 0.180. The molecule has 1 aromatic heterocycles. The zero-order valence-electron chi connectivity index (χ0n) is 17.9. The standard InChI is InChI=1S/C23H31ClN6O/c24-21-11-20(16(12-25)13-27-21)30-8-6-29(7-9-30)14-15-3-4-17-19(10-15)28-23(31)18-2-1-5-26-22(17)18/h11,13,15,17-19,22,26H,1-10,14H2,(H,28,31). The normalized spacial score (nSPS) is 33.7. The third kappa shape index (κ3) is 4.26. The lowest BCUT2D eigenvalue weighted by atomic mass is 9.67. The molecule has 4 aliphatic rings. The number of hydrogen-bond acceptors (Lipinski definition) is 6. The Morgan fingerprint density at radius 3 is 2.87 bits per heavy atom. The van der Waals surface area contributed by atoms with Crippen LogP contribution in [0, 0.1) is 29.1 Å². The molecule has 0 aromatic carbocycles. The number of amides is 1. The second kappa shape index (κ2) is 8.93. The van der Waals surface area contributed by atoms with Crippen LogP contribution in [0.25, 0.3) is 0 Å². The van der Waals surface area contributed by atoms with Crippen LogP contribution in [0.15, 0.2) is 12.3 Å². The highest BCUT2D eigenvalue weighted by Gasteiger charge is 2.47. The molecule has 1 aliphatic carbocycles. The molecule has 31 heavy (non-hydrogen) atoms. The second-order valence-electron chi connectivity index (χ2n) is 9.61. The zero-order valence-corrected chi connectivity index (χ0v) is 18.7. The van der Waals surface area contributed by atoms with E-state index in [4.69, 9.17) is 11.6 Å². The molecule has 4 heterocycles. The first-order valence-corrected chi connectivity index (χ1v) is 12.1. The van der Waals surface area contributed by atoms with E-state index >= 15 is 0 Å². The smallest absolute Gasteiger partial charge is 0.224 e. The van der Waals surface area contributed by atoms with Crippen LogP contribution in [0.3, 0.4) is 0 Å². The van der Waals surface area contributed by atoms with Crippen LogP contribution in [-0.2, 0) is 4.79 Å². The third-order valence-corrected chi connectivity index (χ3v) is 8.05. The number of carbonyl (C=O) groups is 1. The fourth-order valence-corrected chi connectivity index (χ4v) is 6.45. The Balaban J connectivity index is 1.16. The number of halogens is 1. The number of piperidine rings is 2. The molecule has 166 valence electrons. The van der Waals surface area contributed by atoms with Gasteiger partial charge in [-0.1, -0.05) is 11.6 Å². The van der Waals surface area contributed by atoms with Gasteiger partial charge in [-0.05, 0) is 50.5 Å². The lowest BCUT2D eigenvalue weighted by Gasteiger charge is -2.50. The number of anilines is 1. The van der Waals surface area contributed by atoms with Crippen molar-refractivity contribution < 1.29 is 4.79 Å². The van der Waals surface area contributed by atoms with Crippen molar-refractivity contribution in [1.82, 2.24) is 20.5 Å². The highest BCUT2D eigenvalue weighted by atomic mass is 35.5. The van der Waals surface area contributed by atoms with Gasteiger partial charge in [0.25, 0.3) is 0 Å². The molecule has 4 fully saturated rings. The number of aromatic nitrogens is 1. The van der Waals surface area contributed by atoms with Crippen LogP contribution in [0.2, 0.25) is 5.15 Å². The average Bonchev–Trinajstić information content (AvgIpc) is 2.80. The van der Waals surface area contributed by atoms with E-state index in [0.717, 1.165) is 64.2 Å². The highest BCUT2D eigenvalue weighted by molar-refractivity contribution is 6.29. The number of hydrogen-bond donors (Lipinski definition) is 2. The van der Waals surface area contributed by atoms with Gasteiger partial charge >= 0.3 is 0 Å². The Bertz CT molecular complexity index is 864. The van der Waals surface area contributed by atoms with Crippen molar-refractivity contribution >= 4 is 23.2 Å². The summed E-state index contributed by atoms with van der Waals surface area (Å²) in [6, 6.07) is 4.75. The van der Waals surface area contributed by atoms with E-state index in [1.54, 1.807) is 12.3 Å². The summed E-state index contributed by atoms with van der Waals surface area (Å²) in [5.41, 5.74) is 1.47. The fourth-order valence-electron chi connectivity index (χ4n) is 6.29. The third-order valence-electron chi connectivity index (χ3n) is 7.84. The van der Waals surface area contributed by atoms with Crippen LogP contribution in [0.1, 0.15) is 37.7 Å².